The highest BCUT2D eigenvalue weighted by Gasteiger charge is 2.34. The molecule has 1 saturated heterocycles. The summed E-state index contributed by atoms with van der Waals surface area (Å²) in [5.74, 6) is -0.470. The second-order valence-corrected chi connectivity index (χ2v) is 11.2. The number of aryl methyl sites for hydroxylation is 1. The minimum Gasteiger partial charge on any atom is -0.339 e. The monoisotopic (exact) mass is 557 g/mol. The van der Waals surface area contributed by atoms with Crippen LogP contribution in [0.1, 0.15) is 16.7 Å². The maximum atomic E-state index is 13.6. The van der Waals surface area contributed by atoms with Crippen LogP contribution in [0.5, 0.6) is 0 Å². The van der Waals surface area contributed by atoms with Gasteiger partial charge in [-0.05, 0) is 42.8 Å². The number of carbonyl (C=O) groups excluding carboxylic acids is 1. The Labute approximate surface area is 227 Å². The summed E-state index contributed by atoms with van der Waals surface area (Å²) < 4.78 is 68.2. The van der Waals surface area contributed by atoms with Crippen LogP contribution in [0.25, 0.3) is 6.08 Å². The number of anilines is 1. The van der Waals surface area contributed by atoms with E-state index in [1.165, 1.54) is 18.2 Å². The van der Waals surface area contributed by atoms with E-state index in [1.807, 2.05) is 36.4 Å². The quantitative estimate of drug-likeness (QED) is 0.388. The minimum atomic E-state index is -4.66. The third-order valence-electron chi connectivity index (χ3n) is 6.55. The molecule has 3 aromatic rings. The zero-order chi connectivity index (χ0) is 28.0. The van der Waals surface area contributed by atoms with Crippen molar-refractivity contribution in [3.8, 4) is 0 Å². The average Bonchev–Trinajstić information content (AvgIpc) is 2.92. The fourth-order valence-corrected chi connectivity index (χ4v) is 5.70. The Bertz CT molecular complexity index is 1400. The number of alkyl halides is 3. The van der Waals surface area contributed by atoms with Crippen LogP contribution in [0.2, 0.25) is 0 Å². The number of halogens is 3. The molecule has 0 aliphatic carbocycles. The highest BCUT2D eigenvalue weighted by molar-refractivity contribution is 7.92. The van der Waals surface area contributed by atoms with Gasteiger partial charge in [0.2, 0.25) is 5.91 Å². The Balaban J connectivity index is 1.49. The topological polar surface area (TPSA) is 60.9 Å². The highest BCUT2D eigenvalue weighted by Crippen LogP contribution is 2.33. The Kier molecular flexibility index (Phi) is 8.76. The molecule has 0 radical (unpaired) electrons. The Morgan fingerprint density at radius 1 is 0.923 bits per heavy atom. The largest absolute Gasteiger partial charge is 0.416 e. The maximum Gasteiger partial charge on any atom is 0.416 e. The summed E-state index contributed by atoms with van der Waals surface area (Å²) in [6.45, 7) is 3.86. The summed E-state index contributed by atoms with van der Waals surface area (Å²) in [6.07, 6.45) is -0.582. The van der Waals surface area contributed by atoms with Crippen molar-refractivity contribution in [2.45, 2.75) is 18.0 Å². The number of rotatable bonds is 8. The van der Waals surface area contributed by atoms with Crippen LogP contribution in [0.4, 0.5) is 18.9 Å². The number of hydrogen-bond donors (Lipinski definition) is 0. The standard InChI is InChI=1S/C29H30F3N3O3S/c1-23-12-14-27(15-13-23)39(37,38)35(26-11-5-10-25(21-26)29(30,31)32)22-28(36)34-19-17-33(18-20-34)16-6-9-24-7-3-2-4-8-24/h2-15,21H,16-20,22H2,1H3/b9-6+. The van der Waals surface area contributed by atoms with Crippen LogP contribution in [0.15, 0.2) is 89.8 Å². The van der Waals surface area contributed by atoms with Gasteiger partial charge in [-0.25, -0.2) is 8.42 Å². The number of nitrogens with zero attached hydrogens (tertiary/aromatic N) is 3. The molecule has 1 fully saturated rings. The van der Waals surface area contributed by atoms with Gasteiger partial charge in [-0.3, -0.25) is 14.0 Å². The molecule has 0 saturated carbocycles. The van der Waals surface area contributed by atoms with E-state index in [0.29, 0.717) is 32.7 Å². The van der Waals surface area contributed by atoms with Gasteiger partial charge in [0.15, 0.2) is 0 Å². The van der Waals surface area contributed by atoms with E-state index in [9.17, 15) is 26.4 Å². The number of amides is 1. The van der Waals surface area contributed by atoms with Gasteiger partial charge in [-0.2, -0.15) is 13.2 Å². The fraction of sp³-hybridized carbons (Fsp3) is 0.276. The maximum absolute atomic E-state index is 13.6. The number of benzene rings is 3. The van der Waals surface area contributed by atoms with E-state index in [2.05, 4.69) is 11.0 Å². The summed E-state index contributed by atoms with van der Waals surface area (Å²) in [5.41, 5.74) is 0.708. The third kappa shape index (κ3) is 7.27. The van der Waals surface area contributed by atoms with Gasteiger partial charge in [-0.1, -0.05) is 66.2 Å². The zero-order valence-electron chi connectivity index (χ0n) is 21.5. The van der Waals surface area contributed by atoms with Gasteiger partial charge in [0.25, 0.3) is 10.0 Å². The van der Waals surface area contributed by atoms with Crippen LogP contribution >= 0.6 is 0 Å². The summed E-state index contributed by atoms with van der Waals surface area (Å²) in [5, 5.41) is 0. The first-order chi connectivity index (χ1) is 18.5. The lowest BCUT2D eigenvalue weighted by atomic mass is 10.2. The molecule has 1 amide bonds. The lowest BCUT2D eigenvalue weighted by Gasteiger charge is -2.35. The fourth-order valence-electron chi connectivity index (χ4n) is 4.29. The van der Waals surface area contributed by atoms with E-state index in [1.54, 1.807) is 24.0 Å². The normalized spacial score (nSPS) is 15.0. The first kappa shape index (κ1) is 28.4. The second-order valence-electron chi connectivity index (χ2n) is 9.37. The lowest BCUT2D eigenvalue weighted by molar-refractivity contribution is -0.137. The molecular weight excluding hydrogens is 527 g/mol. The van der Waals surface area contributed by atoms with Gasteiger partial charge in [0, 0.05) is 32.7 Å². The summed E-state index contributed by atoms with van der Waals surface area (Å²) in [4.78, 5) is 16.9. The predicted octanol–water partition coefficient (Wildman–Crippen LogP) is 5.07. The summed E-state index contributed by atoms with van der Waals surface area (Å²) in [7, 11) is -4.32. The molecule has 39 heavy (non-hydrogen) atoms. The molecule has 1 aliphatic heterocycles. The smallest absolute Gasteiger partial charge is 0.339 e. The van der Waals surface area contributed by atoms with Crippen molar-refractivity contribution in [1.29, 1.82) is 0 Å². The molecule has 0 spiro atoms. The van der Waals surface area contributed by atoms with Crippen molar-refractivity contribution < 1.29 is 26.4 Å². The van der Waals surface area contributed by atoms with E-state index in [0.717, 1.165) is 33.6 Å². The predicted molar refractivity (Wildman–Crippen MR) is 146 cm³/mol. The second kappa shape index (κ2) is 12.0. The Hall–Kier alpha value is -3.63. The van der Waals surface area contributed by atoms with Gasteiger partial charge >= 0.3 is 6.18 Å². The molecular formula is C29H30F3N3O3S. The van der Waals surface area contributed by atoms with Crippen LogP contribution < -0.4 is 4.31 Å². The van der Waals surface area contributed by atoms with Gasteiger partial charge in [0.05, 0.1) is 16.1 Å². The summed E-state index contributed by atoms with van der Waals surface area (Å²) >= 11 is 0. The van der Waals surface area contributed by atoms with E-state index < -0.39 is 34.2 Å². The van der Waals surface area contributed by atoms with Crippen molar-refractivity contribution in [2.24, 2.45) is 0 Å². The molecule has 6 nitrogen and oxygen atoms in total. The Morgan fingerprint density at radius 2 is 1.59 bits per heavy atom. The van der Waals surface area contributed by atoms with E-state index >= 15 is 0 Å². The number of piperazine rings is 1. The average molecular weight is 558 g/mol. The SMILES string of the molecule is Cc1ccc(S(=O)(=O)N(CC(=O)N2CCN(C/C=C/c3ccccc3)CC2)c2cccc(C(F)(F)F)c2)cc1. The molecule has 0 unspecified atom stereocenters. The van der Waals surface area contributed by atoms with Crippen molar-refractivity contribution in [1.82, 2.24) is 9.80 Å². The van der Waals surface area contributed by atoms with Crippen LogP contribution in [0, 0.1) is 6.92 Å². The molecule has 3 aromatic carbocycles. The molecule has 1 aliphatic rings. The van der Waals surface area contributed by atoms with Crippen molar-refractivity contribution in [2.75, 3.05) is 43.6 Å². The van der Waals surface area contributed by atoms with Crippen molar-refractivity contribution in [3.05, 3.63) is 102 Å². The molecule has 1 heterocycles. The number of carbonyl (C=O) groups is 1. The third-order valence-corrected chi connectivity index (χ3v) is 8.34. The molecule has 0 N–H and O–H groups in total. The lowest BCUT2D eigenvalue weighted by Crippen LogP contribution is -2.51. The number of sulfonamides is 1. The summed E-state index contributed by atoms with van der Waals surface area (Å²) in [6, 6.07) is 19.9. The van der Waals surface area contributed by atoms with Crippen molar-refractivity contribution in [3.63, 3.8) is 0 Å². The Morgan fingerprint density at radius 3 is 2.23 bits per heavy atom. The minimum absolute atomic E-state index is 0.103. The van der Waals surface area contributed by atoms with Gasteiger partial charge < -0.3 is 4.90 Å². The van der Waals surface area contributed by atoms with Crippen LogP contribution in [-0.2, 0) is 21.0 Å². The zero-order valence-corrected chi connectivity index (χ0v) is 22.3. The van der Waals surface area contributed by atoms with Gasteiger partial charge in [-0.15, -0.1) is 0 Å². The van der Waals surface area contributed by atoms with E-state index in [-0.39, 0.29) is 10.6 Å². The van der Waals surface area contributed by atoms with E-state index in [4.69, 9.17) is 0 Å². The van der Waals surface area contributed by atoms with Crippen LogP contribution in [-0.4, -0.2) is 63.4 Å². The molecule has 10 heteroatoms. The molecule has 0 aromatic heterocycles. The van der Waals surface area contributed by atoms with Crippen molar-refractivity contribution >= 4 is 27.7 Å². The molecule has 4 rings (SSSR count). The van der Waals surface area contributed by atoms with Gasteiger partial charge in [0.1, 0.15) is 6.54 Å². The molecule has 206 valence electrons. The number of hydrogen-bond acceptors (Lipinski definition) is 4. The highest BCUT2D eigenvalue weighted by atomic mass is 32.2. The first-order valence-corrected chi connectivity index (χ1v) is 14.0. The first-order valence-electron chi connectivity index (χ1n) is 12.5. The molecule has 0 atom stereocenters. The van der Waals surface area contributed by atoms with Crippen LogP contribution in [0.3, 0.4) is 0 Å². The molecule has 0 bridgehead atoms.